The van der Waals surface area contributed by atoms with Gasteiger partial charge in [0.05, 0.1) is 0 Å². The van der Waals surface area contributed by atoms with Gasteiger partial charge in [-0.15, -0.1) is 11.3 Å². The number of benzene rings is 1. The predicted octanol–water partition coefficient (Wildman–Crippen LogP) is 2.58. The number of aromatic carboxylic acids is 1. The zero-order valence-corrected chi connectivity index (χ0v) is 10.5. The van der Waals surface area contributed by atoms with Gasteiger partial charge in [-0.05, 0) is 5.56 Å². The molecule has 0 unspecified atom stereocenters. The van der Waals surface area contributed by atoms with Crippen LogP contribution in [0.5, 0.6) is 5.75 Å². The molecule has 1 heterocycles. The second-order valence-corrected chi connectivity index (χ2v) is 4.54. The van der Waals surface area contributed by atoms with Crippen molar-refractivity contribution in [2.45, 2.75) is 0 Å². The molecule has 1 aromatic heterocycles. The van der Waals surface area contributed by atoms with Crippen molar-refractivity contribution in [1.29, 1.82) is 0 Å². The smallest absolute Gasteiger partial charge is 0.349 e. The molecule has 0 fully saturated rings. The number of hydrogen-bond donors (Lipinski definition) is 2. The molecule has 2 N–H and O–H groups in total. The lowest BCUT2D eigenvalue weighted by Gasteiger charge is -2.06. The maximum absolute atomic E-state index is 11.1. The number of aliphatic carboxylic acids is 1. The van der Waals surface area contributed by atoms with Crippen LogP contribution in [0, 0.1) is 0 Å². The molecular weight excluding hydrogens is 268 g/mol. The third-order valence-corrected chi connectivity index (χ3v) is 3.31. The Morgan fingerprint density at radius 1 is 1.16 bits per heavy atom. The van der Waals surface area contributed by atoms with E-state index in [2.05, 4.69) is 0 Å². The van der Waals surface area contributed by atoms with E-state index in [0.717, 1.165) is 16.9 Å². The van der Waals surface area contributed by atoms with Gasteiger partial charge in [-0.2, -0.15) is 0 Å². The zero-order valence-electron chi connectivity index (χ0n) is 9.70. The Morgan fingerprint density at radius 3 is 2.42 bits per heavy atom. The number of carbonyl (C=O) groups is 2. The van der Waals surface area contributed by atoms with E-state index in [1.165, 1.54) is 0 Å². The van der Waals surface area contributed by atoms with Crippen molar-refractivity contribution in [1.82, 2.24) is 0 Å². The average molecular weight is 278 g/mol. The van der Waals surface area contributed by atoms with Gasteiger partial charge in [0.25, 0.3) is 0 Å². The number of carboxylic acid groups (broad SMARTS) is 2. The standard InChI is InChI=1S/C13H10O5S/c14-10(15)6-18-11-9(7-19-12(11)13(16)17)8-4-2-1-3-5-8/h1-5,7H,6H2,(H,14,15)(H,16,17). The van der Waals surface area contributed by atoms with Crippen LogP contribution < -0.4 is 4.74 Å². The summed E-state index contributed by atoms with van der Waals surface area (Å²) in [6.45, 7) is -0.573. The van der Waals surface area contributed by atoms with Crippen molar-refractivity contribution < 1.29 is 24.5 Å². The summed E-state index contributed by atoms with van der Waals surface area (Å²) in [4.78, 5) is 21.6. The minimum Gasteiger partial charge on any atom is -0.479 e. The molecule has 98 valence electrons. The molecule has 0 saturated carbocycles. The van der Waals surface area contributed by atoms with E-state index in [4.69, 9.17) is 14.9 Å². The summed E-state index contributed by atoms with van der Waals surface area (Å²) in [5, 5.41) is 19.4. The van der Waals surface area contributed by atoms with Crippen LogP contribution >= 0.6 is 11.3 Å². The quantitative estimate of drug-likeness (QED) is 0.878. The number of rotatable bonds is 5. The van der Waals surface area contributed by atoms with Gasteiger partial charge in [-0.3, -0.25) is 0 Å². The normalized spacial score (nSPS) is 10.1. The maximum Gasteiger partial charge on any atom is 0.349 e. The number of hydrogen-bond acceptors (Lipinski definition) is 4. The second kappa shape index (κ2) is 5.53. The van der Waals surface area contributed by atoms with E-state index in [1.807, 2.05) is 18.2 Å². The highest BCUT2D eigenvalue weighted by Gasteiger charge is 2.20. The fraction of sp³-hybridized carbons (Fsp3) is 0.0769. The monoisotopic (exact) mass is 278 g/mol. The summed E-state index contributed by atoms with van der Waals surface area (Å²) in [6, 6.07) is 9.08. The highest BCUT2D eigenvalue weighted by Crippen LogP contribution is 2.38. The lowest BCUT2D eigenvalue weighted by atomic mass is 10.1. The molecule has 0 atom stereocenters. The Balaban J connectivity index is 2.43. The van der Waals surface area contributed by atoms with Gasteiger partial charge in [-0.1, -0.05) is 30.3 Å². The Morgan fingerprint density at radius 2 is 1.84 bits per heavy atom. The SMILES string of the molecule is O=C(O)COc1c(-c2ccccc2)csc1C(=O)O. The minimum absolute atomic E-state index is 0.0000954. The summed E-state index contributed by atoms with van der Waals surface area (Å²) in [7, 11) is 0. The highest BCUT2D eigenvalue weighted by molar-refractivity contribution is 7.12. The molecule has 0 spiro atoms. The lowest BCUT2D eigenvalue weighted by Crippen LogP contribution is -2.11. The van der Waals surface area contributed by atoms with Gasteiger partial charge in [0.2, 0.25) is 0 Å². The Hall–Kier alpha value is -2.34. The van der Waals surface area contributed by atoms with Crippen LogP contribution in [0.4, 0.5) is 0 Å². The summed E-state index contributed by atoms with van der Waals surface area (Å²) in [6.07, 6.45) is 0. The third kappa shape index (κ3) is 2.92. The molecule has 19 heavy (non-hydrogen) atoms. The Bertz CT molecular complexity index is 603. The van der Waals surface area contributed by atoms with E-state index in [9.17, 15) is 9.59 Å². The molecule has 5 nitrogen and oxygen atoms in total. The number of thiophene rings is 1. The maximum atomic E-state index is 11.1. The van der Waals surface area contributed by atoms with Gasteiger partial charge >= 0.3 is 11.9 Å². The van der Waals surface area contributed by atoms with Crippen molar-refractivity contribution in [2.75, 3.05) is 6.61 Å². The van der Waals surface area contributed by atoms with Crippen LogP contribution in [0.3, 0.4) is 0 Å². The van der Waals surface area contributed by atoms with Crippen molar-refractivity contribution in [2.24, 2.45) is 0 Å². The number of carboxylic acids is 2. The molecule has 0 radical (unpaired) electrons. The summed E-state index contributed by atoms with van der Waals surface area (Å²) < 4.78 is 5.12. The van der Waals surface area contributed by atoms with Crippen LogP contribution in [0.25, 0.3) is 11.1 Å². The fourth-order valence-electron chi connectivity index (χ4n) is 1.59. The van der Waals surface area contributed by atoms with Gasteiger partial charge < -0.3 is 14.9 Å². The molecule has 0 aliphatic heterocycles. The minimum atomic E-state index is -1.15. The third-order valence-electron chi connectivity index (χ3n) is 2.36. The van der Waals surface area contributed by atoms with E-state index in [1.54, 1.807) is 17.5 Å². The molecule has 0 aliphatic rings. The van der Waals surface area contributed by atoms with Gasteiger partial charge in [0.1, 0.15) is 0 Å². The first-order chi connectivity index (χ1) is 9.09. The van der Waals surface area contributed by atoms with Crippen LogP contribution in [-0.2, 0) is 4.79 Å². The number of ether oxygens (including phenoxy) is 1. The molecule has 0 aliphatic carbocycles. The van der Waals surface area contributed by atoms with E-state index in [-0.39, 0.29) is 10.6 Å². The van der Waals surface area contributed by atoms with Crippen LogP contribution in [0.2, 0.25) is 0 Å². The van der Waals surface area contributed by atoms with Crippen molar-refractivity contribution in [3.63, 3.8) is 0 Å². The Kier molecular flexibility index (Phi) is 3.82. The summed E-state index contributed by atoms with van der Waals surface area (Å²) in [5.41, 5.74) is 1.37. The molecule has 0 saturated heterocycles. The van der Waals surface area contributed by atoms with Crippen molar-refractivity contribution >= 4 is 23.3 Å². The van der Waals surface area contributed by atoms with E-state index < -0.39 is 18.5 Å². The zero-order chi connectivity index (χ0) is 13.8. The van der Waals surface area contributed by atoms with Gasteiger partial charge in [0, 0.05) is 10.9 Å². The van der Waals surface area contributed by atoms with Crippen LogP contribution in [-0.4, -0.2) is 28.8 Å². The molecule has 6 heteroatoms. The topological polar surface area (TPSA) is 83.8 Å². The largest absolute Gasteiger partial charge is 0.479 e. The summed E-state index contributed by atoms with van der Waals surface area (Å²) >= 11 is 1.01. The fourth-order valence-corrected chi connectivity index (χ4v) is 2.44. The molecule has 0 bridgehead atoms. The molecule has 1 aromatic carbocycles. The molecular formula is C13H10O5S. The summed E-state index contributed by atoms with van der Waals surface area (Å²) in [5.74, 6) is -2.18. The van der Waals surface area contributed by atoms with Gasteiger partial charge in [-0.25, -0.2) is 9.59 Å². The van der Waals surface area contributed by atoms with E-state index >= 15 is 0 Å². The molecule has 0 amide bonds. The van der Waals surface area contributed by atoms with Gasteiger partial charge in [0.15, 0.2) is 17.2 Å². The molecule has 2 aromatic rings. The predicted molar refractivity (Wildman–Crippen MR) is 69.8 cm³/mol. The molecule has 2 rings (SSSR count). The first-order valence-corrected chi connectivity index (χ1v) is 6.22. The second-order valence-electron chi connectivity index (χ2n) is 3.66. The Labute approximate surface area is 112 Å². The van der Waals surface area contributed by atoms with Crippen LogP contribution in [0.1, 0.15) is 9.67 Å². The first kappa shape index (κ1) is 13.1. The lowest BCUT2D eigenvalue weighted by molar-refractivity contribution is -0.139. The highest BCUT2D eigenvalue weighted by atomic mass is 32.1. The van der Waals surface area contributed by atoms with Crippen LogP contribution in [0.15, 0.2) is 35.7 Å². The van der Waals surface area contributed by atoms with E-state index in [0.29, 0.717) is 5.56 Å². The van der Waals surface area contributed by atoms with Crippen molar-refractivity contribution in [3.8, 4) is 16.9 Å². The van der Waals surface area contributed by atoms with Crippen molar-refractivity contribution in [3.05, 3.63) is 40.6 Å². The first-order valence-electron chi connectivity index (χ1n) is 5.34. The average Bonchev–Trinajstić information content (AvgIpc) is 2.81.